The molecular formula is C18H22N2O4S. The first-order valence-corrected chi connectivity index (χ1v) is 9.23. The molecule has 0 atom stereocenters. The van der Waals surface area contributed by atoms with Gasteiger partial charge in [0, 0.05) is 30.4 Å². The van der Waals surface area contributed by atoms with Crippen LogP contribution in [0.25, 0.3) is 0 Å². The molecule has 0 bridgehead atoms. The predicted molar refractivity (Wildman–Crippen MR) is 97.5 cm³/mol. The van der Waals surface area contributed by atoms with E-state index < -0.39 is 15.9 Å². The fourth-order valence-electron chi connectivity index (χ4n) is 2.15. The maximum Gasteiger partial charge on any atom is 0.255 e. The van der Waals surface area contributed by atoms with Gasteiger partial charge in [0.15, 0.2) is 0 Å². The molecule has 0 spiro atoms. The van der Waals surface area contributed by atoms with Crippen LogP contribution >= 0.6 is 0 Å². The third-order valence-electron chi connectivity index (χ3n) is 3.83. The van der Waals surface area contributed by atoms with E-state index in [0.717, 1.165) is 0 Å². The average Bonchev–Trinajstić information content (AvgIpc) is 2.61. The number of methoxy groups -OCH3 is 1. The van der Waals surface area contributed by atoms with Crippen LogP contribution in [0, 0.1) is 0 Å². The topological polar surface area (TPSA) is 75.7 Å². The minimum atomic E-state index is -3.64. The molecule has 0 aromatic heterocycles. The smallest absolute Gasteiger partial charge is 0.255 e. The van der Waals surface area contributed by atoms with Gasteiger partial charge in [0.05, 0.1) is 12.0 Å². The highest BCUT2D eigenvalue weighted by Gasteiger charge is 2.23. The van der Waals surface area contributed by atoms with Gasteiger partial charge in [-0.1, -0.05) is 12.1 Å². The van der Waals surface area contributed by atoms with Gasteiger partial charge in [-0.05, 0) is 44.2 Å². The lowest BCUT2D eigenvalue weighted by Gasteiger charge is -2.21. The van der Waals surface area contributed by atoms with E-state index in [1.165, 1.54) is 23.5 Å². The molecule has 1 N–H and O–H groups in total. The number of nitrogens with zero attached hydrogens (tertiary/aromatic N) is 1. The molecule has 0 aliphatic carbocycles. The summed E-state index contributed by atoms with van der Waals surface area (Å²) < 4.78 is 31.5. The van der Waals surface area contributed by atoms with Crippen molar-refractivity contribution in [3.8, 4) is 5.75 Å². The van der Waals surface area contributed by atoms with Gasteiger partial charge in [-0.15, -0.1) is 0 Å². The standard InChI is InChI=1S/C18H22N2O4S/c1-13(2)20(3)25(22,23)17-10-5-7-14(11-17)18(21)19-15-8-6-9-16(12-15)24-4/h5-13H,1-4H3,(H,19,21). The number of benzene rings is 2. The van der Waals surface area contributed by atoms with E-state index in [2.05, 4.69) is 5.32 Å². The number of hydrogen-bond acceptors (Lipinski definition) is 4. The molecule has 0 radical (unpaired) electrons. The SMILES string of the molecule is COc1cccc(NC(=O)c2cccc(S(=O)(=O)N(C)C(C)C)c2)c1. The Morgan fingerprint density at radius 2 is 1.80 bits per heavy atom. The van der Waals surface area contributed by atoms with Gasteiger partial charge in [0.1, 0.15) is 5.75 Å². The maximum absolute atomic E-state index is 12.6. The van der Waals surface area contributed by atoms with E-state index in [9.17, 15) is 13.2 Å². The molecular weight excluding hydrogens is 340 g/mol. The third kappa shape index (κ3) is 4.37. The molecule has 7 heteroatoms. The fraction of sp³-hybridized carbons (Fsp3) is 0.278. The highest BCUT2D eigenvalue weighted by atomic mass is 32.2. The van der Waals surface area contributed by atoms with Crippen molar-refractivity contribution in [1.82, 2.24) is 4.31 Å². The summed E-state index contributed by atoms with van der Waals surface area (Å²) >= 11 is 0. The van der Waals surface area contributed by atoms with Crippen LogP contribution in [0.3, 0.4) is 0 Å². The number of carbonyl (C=O) groups is 1. The molecule has 0 heterocycles. The lowest BCUT2D eigenvalue weighted by atomic mass is 10.2. The number of hydrogen-bond donors (Lipinski definition) is 1. The number of sulfonamides is 1. The average molecular weight is 362 g/mol. The van der Waals surface area contributed by atoms with Crippen LogP contribution < -0.4 is 10.1 Å². The minimum absolute atomic E-state index is 0.0852. The first kappa shape index (κ1) is 19.0. The molecule has 0 unspecified atom stereocenters. The Hall–Kier alpha value is -2.38. The van der Waals surface area contributed by atoms with Crippen LogP contribution in [-0.2, 0) is 10.0 Å². The Morgan fingerprint density at radius 3 is 2.44 bits per heavy atom. The molecule has 0 aliphatic heterocycles. The Morgan fingerprint density at radius 1 is 1.12 bits per heavy atom. The molecule has 25 heavy (non-hydrogen) atoms. The Balaban J connectivity index is 2.27. The molecule has 2 rings (SSSR count). The van der Waals surface area contributed by atoms with Crippen LogP contribution in [0.15, 0.2) is 53.4 Å². The van der Waals surface area contributed by atoms with Crippen molar-refractivity contribution < 1.29 is 17.9 Å². The van der Waals surface area contributed by atoms with E-state index in [-0.39, 0.29) is 16.5 Å². The summed E-state index contributed by atoms with van der Waals surface area (Å²) in [7, 11) is -0.585. The second-order valence-corrected chi connectivity index (χ2v) is 7.83. The van der Waals surface area contributed by atoms with Gasteiger partial charge < -0.3 is 10.1 Å². The number of carbonyl (C=O) groups excluding carboxylic acids is 1. The van der Waals surface area contributed by atoms with Crippen LogP contribution in [-0.4, -0.2) is 38.8 Å². The lowest BCUT2D eigenvalue weighted by molar-refractivity contribution is 0.102. The molecule has 0 saturated heterocycles. The van der Waals surface area contributed by atoms with E-state index in [0.29, 0.717) is 11.4 Å². The second-order valence-electron chi connectivity index (χ2n) is 5.83. The summed E-state index contributed by atoms with van der Waals surface area (Å²) in [5, 5.41) is 2.74. The van der Waals surface area contributed by atoms with Gasteiger partial charge in [-0.3, -0.25) is 4.79 Å². The second kappa shape index (κ2) is 7.67. The summed E-state index contributed by atoms with van der Waals surface area (Å²) in [6.07, 6.45) is 0. The Labute approximate surface area is 148 Å². The van der Waals surface area contributed by atoms with Crippen LogP contribution in [0.4, 0.5) is 5.69 Å². The van der Waals surface area contributed by atoms with E-state index in [1.807, 2.05) is 0 Å². The van der Waals surface area contributed by atoms with Crippen LogP contribution in [0.5, 0.6) is 5.75 Å². The first-order valence-electron chi connectivity index (χ1n) is 7.79. The third-order valence-corrected chi connectivity index (χ3v) is 5.86. The zero-order valence-electron chi connectivity index (χ0n) is 14.7. The van der Waals surface area contributed by atoms with Crippen molar-refractivity contribution in [2.45, 2.75) is 24.8 Å². The number of ether oxygens (including phenoxy) is 1. The molecule has 2 aromatic rings. The summed E-state index contributed by atoms with van der Waals surface area (Å²) in [4.78, 5) is 12.5. The van der Waals surface area contributed by atoms with Gasteiger partial charge >= 0.3 is 0 Å². The molecule has 0 saturated carbocycles. The minimum Gasteiger partial charge on any atom is -0.497 e. The molecule has 0 aliphatic rings. The largest absolute Gasteiger partial charge is 0.497 e. The number of amides is 1. The molecule has 2 aromatic carbocycles. The Bertz CT molecular complexity index is 863. The fourth-order valence-corrected chi connectivity index (χ4v) is 3.56. The van der Waals surface area contributed by atoms with Crippen molar-refractivity contribution in [3.63, 3.8) is 0 Å². The quantitative estimate of drug-likeness (QED) is 0.857. The predicted octanol–water partition coefficient (Wildman–Crippen LogP) is 2.98. The van der Waals surface area contributed by atoms with Crippen LogP contribution in [0.2, 0.25) is 0 Å². The van der Waals surface area contributed by atoms with E-state index in [1.54, 1.807) is 57.4 Å². The highest BCUT2D eigenvalue weighted by molar-refractivity contribution is 7.89. The van der Waals surface area contributed by atoms with Crippen molar-refractivity contribution in [1.29, 1.82) is 0 Å². The van der Waals surface area contributed by atoms with Crippen LogP contribution in [0.1, 0.15) is 24.2 Å². The zero-order chi connectivity index (χ0) is 18.6. The lowest BCUT2D eigenvalue weighted by Crippen LogP contribution is -2.33. The van der Waals surface area contributed by atoms with Gasteiger partial charge in [0.2, 0.25) is 10.0 Å². The molecule has 1 amide bonds. The summed E-state index contributed by atoms with van der Waals surface area (Å²) in [5.74, 6) is 0.227. The summed E-state index contributed by atoms with van der Waals surface area (Å²) in [6, 6.07) is 12.8. The van der Waals surface area contributed by atoms with Crippen molar-refractivity contribution in [2.75, 3.05) is 19.5 Å². The Kier molecular flexibility index (Phi) is 5.81. The molecule has 134 valence electrons. The van der Waals surface area contributed by atoms with Gasteiger partial charge in [0.25, 0.3) is 5.91 Å². The molecule has 6 nitrogen and oxygen atoms in total. The summed E-state index contributed by atoms with van der Waals surface area (Å²) in [6.45, 7) is 3.58. The van der Waals surface area contributed by atoms with Gasteiger partial charge in [-0.2, -0.15) is 4.31 Å². The van der Waals surface area contributed by atoms with Crippen molar-refractivity contribution in [2.24, 2.45) is 0 Å². The molecule has 0 fully saturated rings. The van der Waals surface area contributed by atoms with Crippen molar-refractivity contribution >= 4 is 21.6 Å². The number of rotatable bonds is 6. The van der Waals surface area contributed by atoms with E-state index >= 15 is 0 Å². The normalized spacial score (nSPS) is 11.6. The van der Waals surface area contributed by atoms with Crippen molar-refractivity contribution in [3.05, 3.63) is 54.1 Å². The number of anilines is 1. The zero-order valence-corrected chi connectivity index (χ0v) is 15.5. The summed E-state index contributed by atoms with van der Waals surface area (Å²) in [5.41, 5.74) is 0.831. The monoisotopic (exact) mass is 362 g/mol. The number of nitrogens with one attached hydrogen (secondary N) is 1. The highest BCUT2D eigenvalue weighted by Crippen LogP contribution is 2.20. The van der Waals surface area contributed by atoms with E-state index in [4.69, 9.17) is 4.74 Å². The first-order chi connectivity index (χ1) is 11.8. The van der Waals surface area contributed by atoms with Gasteiger partial charge in [-0.25, -0.2) is 8.42 Å². The maximum atomic E-state index is 12.6.